The van der Waals surface area contributed by atoms with Gasteiger partial charge in [-0.05, 0) is 68.4 Å². The van der Waals surface area contributed by atoms with Crippen molar-refractivity contribution < 1.29 is 9.59 Å². The molecule has 0 aliphatic carbocycles. The third-order valence-corrected chi connectivity index (χ3v) is 4.61. The van der Waals surface area contributed by atoms with Crippen LogP contribution in [0.5, 0.6) is 0 Å². The Bertz CT molecular complexity index is 1050. The van der Waals surface area contributed by atoms with Gasteiger partial charge in [0, 0.05) is 38.8 Å². The molecule has 0 unspecified atom stereocenters. The number of hydrazone groups is 1. The zero-order valence-electron chi connectivity index (χ0n) is 15.4. The molecule has 28 heavy (non-hydrogen) atoms. The maximum atomic E-state index is 12.1. The zero-order valence-corrected chi connectivity index (χ0v) is 16.2. The largest absolute Gasteiger partial charge is 0.366 e. The van der Waals surface area contributed by atoms with Gasteiger partial charge >= 0.3 is 0 Å². The van der Waals surface area contributed by atoms with Gasteiger partial charge in [-0.25, -0.2) is 5.43 Å². The molecular formula is C21H19ClN4O2. The van der Waals surface area contributed by atoms with Crippen molar-refractivity contribution in [3.8, 4) is 5.69 Å². The fourth-order valence-corrected chi connectivity index (χ4v) is 3.04. The Morgan fingerprint density at radius 2 is 1.64 bits per heavy atom. The predicted octanol–water partition coefficient (Wildman–Crippen LogP) is 3.61. The van der Waals surface area contributed by atoms with E-state index in [1.54, 1.807) is 42.6 Å². The molecule has 1 heterocycles. The van der Waals surface area contributed by atoms with Gasteiger partial charge in [-0.2, -0.15) is 5.10 Å². The summed E-state index contributed by atoms with van der Waals surface area (Å²) < 4.78 is 2.03. The summed E-state index contributed by atoms with van der Waals surface area (Å²) >= 11 is 5.82. The first-order valence-corrected chi connectivity index (χ1v) is 8.93. The molecule has 0 aliphatic rings. The normalized spacial score (nSPS) is 11.0. The van der Waals surface area contributed by atoms with Crippen molar-refractivity contribution in [1.29, 1.82) is 0 Å². The summed E-state index contributed by atoms with van der Waals surface area (Å²) in [7, 11) is 0. The number of nitrogens with one attached hydrogen (secondary N) is 1. The number of halogens is 1. The third-order valence-electron chi connectivity index (χ3n) is 4.36. The Balaban J connectivity index is 1.77. The molecule has 3 rings (SSSR count). The molecule has 0 saturated heterocycles. The molecule has 0 aliphatic heterocycles. The fourth-order valence-electron chi connectivity index (χ4n) is 2.92. The van der Waals surface area contributed by atoms with Crippen molar-refractivity contribution >= 4 is 29.6 Å². The Morgan fingerprint density at radius 1 is 1.04 bits per heavy atom. The van der Waals surface area contributed by atoms with Gasteiger partial charge in [0.25, 0.3) is 5.91 Å². The summed E-state index contributed by atoms with van der Waals surface area (Å²) in [5, 5.41) is 4.62. The summed E-state index contributed by atoms with van der Waals surface area (Å²) in [6.07, 6.45) is 1.60. The first-order chi connectivity index (χ1) is 13.4. The molecule has 0 atom stereocenters. The van der Waals surface area contributed by atoms with E-state index in [0.29, 0.717) is 16.1 Å². The SMILES string of the molecule is Cc1cc(/C=N\NC(=O)c2ccc(Cl)cc2)c(C)n1-c1ccc(C(N)=O)cc1. The molecule has 6 nitrogen and oxygen atoms in total. The number of nitrogens with two attached hydrogens (primary N) is 1. The maximum Gasteiger partial charge on any atom is 0.271 e. The van der Waals surface area contributed by atoms with Crippen molar-refractivity contribution in [2.45, 2.75) is 13.8 Å². The number of carbonyl (C=O) groups excluding carboxylic acids is 2. The molecule has 7 heteroatoms. The molecule has 3 aromatic rings. The molecule has 0 saturated carbocycles. The highest BCUT2D eigenvalue weighted by Crippen LogP contribution is 2.20. The van der Waals surface area contributed by atoms with Gasteiger partial charge in [-0.1, -0.05) is 11.6 Å². The van der Waals surface area contributed by atoms with Crippen LogP contribution in [-0.2, 0) is 0 Å². The van der Waals surface area contributed by atoms with Gasteiger partial charge in [0.05, 0.1) is 6.21 Å². The summed E-state index contributed by atoms with van der Waals surface area (Å²) in [6, 6.07) is 15.6. The van der Waals surface area contributed by atoms with Crippen molar-refractivity contribution in [2.75, 3.05) is 0 Å². The van der Waals surface area contributed by atoms with E-state index in [1.165, 1.54) is 0 Å². The highest BCUT2D eigenvalue weighted by Gasteiger charge is 2.10. The van der Waals surface area contributed by atoms with Crippen LogP contribution >= 0.6 is 11.6 Å². The zero-order chi connectivity index (χ0) is 20.3. The minimum Gasteiger partial charge on any atom is -0.366 e. The number of amides is 2. The maximum absolute atomic E-state index is 12.1. The van der Waals surface area contributed by atoms with Crippen LogP contribution in [0.1, 0.15) is 37.7 Å². The highest BCUT2D eigenvalue weighted by molar-refractivity contribution is 6.30. The van der Waals surface area contributed by atoms with E-state index in [0.717, 1.165) is 22.6 Å². The lowest BCUT2D eigenvalue weighted by molar-refractivity contribution is 0.0953. The van der Waals surface area contributed by atoms with Crippen molar-refractivity contribution in [1.82, 2.24) is 9.99 Å². The van der Waals surface area contributed by atoms with E-state index in [-0.39, 0.29) is 5.91 Å². The van der Waals surface area contributed by atoms with E-state index in [2.05, 4.69) is 10.5 Å². The van der Waals surface area contributed by atoms with E-state index in [4.69, 9.17) is 17.3 Å². The van der Waals surface area contributed by atoms with Crippen LogP contribution in [0.3, 0.4) is 0 Å². The monoisotopic (exact) mass is 394 g/mol. The summed E-state index contributed by atoms with van der Waals surface area (Å²) in [5.74, 6) is -0.777. The number of nitrogens with zero attached hydrogens (tertiary/aromatic N) is 2. The molecule has 1 aromatic heterocycles. The van der Waals surface area contributed by atoms with Gasteiger partial charge in [0.15, 0.2) is 0 Å². The molecule has 0 bridgehead atoms. The molecule has 2 amide bonds. The van der Waals surface area contributed by atoms with Crippen molar-refractivity contribution in [2.24, 2.45) is 10.8 Å². The lowest BCUT2D eigenvalue weighted by Gasteiger charge is -2.10. The molecule has 142 valence electrons. The van der Waals surface area contributed by atoms with E-state index >= 15 is 0 Å². The number of hydrogen-bond donors (Lipinski definition) is 2. The van der Waals surface area contributed by atoms with Crippen LogP contribution in [0.2, 0.25) is 5.02 Å². The molecular weight excluding hydrogens is 376 g/mol. The third kappa shape index (κ3) is 4.13. The predicted molar refractivity (Wildman–Crippen MR) is 110 cm³/mol. The summed E-state index contributed by atoms with van der Waals surface area (Å²) in [4.78, 5) is 23.3. The number of aryl methyl sites for hydroxylation is 1. The Morgan fingerprint density at radius 3 is 2.25 bits per heavy atom. The van der Waals surface area contributed by atoms with Crippen LogP contribution < -0.4 is 11.2 Å². The first-order valence-electron chi connectivity index (χ1n) is 8.55. The van der Waals surface area contributed by atoms with Gasteiger partial charge in [0.1, 0.15) is 0 Å². The molecule has 0 radical (unpaired) electrons. The standard InChI is InChI=1S/C21H19ClN4O2/c1-13-11-17(12-24-25-21(28)16-3-7-18(22)8-4-16)14(2)26(13)19-9-5-15(6-10-19)20(23)27/h3-12H,1-2H3,(H2,23,27)(H,25,28)/b24-12-. The van der Waals surface area contributed by atoms with Gasteiger partial charge in [-0.15, -0.1) is 0 Å². The molecule has 0 fully saturated rings. The van der Waals surface area contributed by atoms with Crippen LogP contribution in [0.25, 0.3) is 5.69 Å². The average Bonchev–Trinajstić information content (AvgIpc) is 2.95. The fraction of sp³-hybridized carbons (Fsp3) is 0.0952. The topological polar surface area (TPSA) is 89.5 Å². The summed E-state index contributed by atoms with van der Waals surface area (Å²) in [5.41, 5.74) is 12.5. The number of rotatable bonds is 5. The minimum absolute atomic E-state index is 0.316. The number of hydrogen-bond acceptors (Lipinski definition) is 3. The Hall–Kier alpha value is -3.38. The lowest BCUT2D eigenvalue weighted by Crippen LogP contribution is -2.17. The Labute approximate surface area is 167 Å². The van der Waals surface area contributed by atoms with Gasteiger partial charge < -0.3 is 10.3 Å². The second-order valence-corrected chi connectivity index (χ2v) is 6.72. The molecule has 0 spiro atoms. The highest BCUT2D eigenvalue weighted by atomic mass is 35.5. The van der Waals surface area contributed by atoms with Crippen molar-refractivity contribution in [3.63, 3.8) is 0 Å². The van der Waals surface area contributed by atoms with Crippen molar-refractivity contribution in [3.05, 3.63) is 87.7 Å². The van der Waals surface area contributed by atoms with Crippen LogP contribution in [0.15, 0.2) is 59.7 Å². The summed E-state index contributed by atoms with van der Waals surface area (Å²) in [6.45, 7) is 3.93. The molecule has 3 N–H and O–H groups in total. The number of aromatic nitrogens is 1. The van der Waals surface area contributed by atoms with Gasteiger partial charge in [0.2, 0.25) is 5.91 Å². The second kappa shape index (κ2) is 8.10. The minimum atomic E-state index is -0.461. The average molecular weight is 395 g/mol. The van der Waals surface area contributed by atoms with Gasteiger partial charge in [-0.3, -0.25) is 9.59 Å². The quantitative estimate of drug-likeness (QED) is 0.511. The number of benzene rings is 2. The van der Waals surface area contributed by atoms with Crippen LogP contribution in [0.4, 0.5) is 0 Å². The van der Waals surface area contributed by atoms with Crippen LogP contribution in [-0.4, -0.2) is 22.6 Å². The van der Waals surface area contributed by atoms with E-state index in [9.17, 15) is 9.59 Å². The Kier molecular flexibility index (Phi) is 5.61. The first kappa shape index (κ1) is 19.4. The second-order valence-electron chi connectivity index (χ2n) is 6.28. The van der Waals surface area contributed by atoms with E-state index in [1.807, 2.05) is 36.6 Å². The molecule has 2 aromatic carbocycles. The van der Waals surface area contributed by atoms with E-state index < -0.39 is 5.91 Å². The number of carbonyl (C=O) groups is 2. The smallest absolute Gasteiger partial charge is 0.271 e. The van der Waals surface area contributed by atoms with Crippen LogP contribution in [0, 0.1) is 13.8 Å². The lowest BCUT2D eigenvalue weighted by atomic mass is 10.2. The number of primary amides is 1.